The first-order valence-corrected chi connectivity index (χ1v) is 6.82. The van der Waals surface area contributed by atoms with E-state index in [-0.39, 0.29) is 0 Å². The van der Waals surface area contributed by atoms with Crippen LogP contribution in [0.25, 0.3) is 10.2 Å². The van der Waals surface area contributed by atoms with Gasteiger partial charge in [0.2, 0.25) is 0 Å². The van der Waals surface area contributed by atoms with Crippen molar-refractivity contribution >= 4 is 32.4 Å². The lowest BCUT2D eigenvalue weighted by molar-refractivity contribution is 0.615. The molecule has 2 N–H and O–H groups in total. The number of rotatable bonds is 4. The molecular formula is C13H19N3S. The predicted molar refractivity (Wildman–Crippen MR) is 76.8 cm³/mol. The molecule has 0 amide bonds. The molecule has 3 nitrogen and oxygen atoms in total. The number of nitrogens with zero attached hydrogens (tertiary/aromatic N) is 2. The Hall–Kier alpha value is -1.29. The molecule has 0 spiro atoms. The van der Waals surface area contributed by atoms with Gasteiger partial charge in [-0.3, -0.25) is 0 Å². The molecule has 1 aromatic heterocycles. The van der Waals surface area contributed by atoms with E-state index in [1.807, 2.05) is 18.2 Å². The average molecular weight is 249 g/mol. The second kappa shape index (κ2) is 4.92. The smallest absolute Gasteiger partial charge is 0.186 e. The summed E-state index contributed by atoms with van der Waals surface area (Å²) in [5.74, 6) is 0. The number of aromatic nitrogens is 1. The number of thiazole rings is 1. The maximum atomic E-state index is 5.78. The number of hydrogen-bond acceptors (Lipinski definition) is 4. The van der Waals surface area contributed by atoms with Crippen LogP contribution in [0.15, 0.2) is 18.2 Å². The van der Waals surface area contributed by atoms with Crippen molar-refractivity contribution in [3.63, 3.8) is 0 Å². The zero-order valence-electron chi connectivity index (χ0n) is 10.6. The van der Waals surface area contributed by atoms with Crippen molar-refractivity contribution in [2.24, 2.45) is 0 Å². The Bertz CT molecular complexity index is 506. The fourth-order valence-electron chi connectivity index (χ4n) is 1.88. The lowest BCUT2D eigenvalue weighted by Crippen LogP contribution is -2.28. The van der Waals surface area contributed by atoms with E-state index >= 15 is 0 Å². The molecule has 0 aliphatic heterocycles. The van der Waals surface area contributed by atoms with Crippen LogP contribution in [-0.2, 0) is 0 Å². The quantitative estimate of drug-likeness (QED) is 0.843. The molecule has 0 bridgehead atoms. The van der Waals surface area contributed by atoms with Crippen LogP contribution >= 0.6 is 11.3 Å². The molecule has 2 rings (SSSR count). The molecular weight excluding hydrogens is 230 g/mol. The van der Waals surface area contributed by atoms with Crippen molar-refractivity contribution in [1.82, 2.24) is 4.98 Å². The number of hydrogen-bond donors (Lipinski definition) is 1. The van der Waals surface area contributed by atoms with Crippen molar-refractivity contribution in [3.8, 4) is 0 Å². The summed E-state index contributed by atoms with van der Waals surface area (Å²) < 4.78 is 1.16. The highest BCUT2D eigenvalue weighted by atomic mass is 32.1. The van der Waals surface area contributed by atoms with Crippen molar-refractivity contribution in [2.75, 3.05) is 17.7 Å². The molecule has 17 heavy (non-hydrogen) atoms. The fraction of sp³-hybridized carbons (Fsp3) is 0.462. The van der Waals surface area contributed by atoms with E-state index in [0.29, 0.717) is 6.04 Å². The summed E-state index contributed by atoms with van der Waals surface area (Å²) in [6, 6.07) is 6.41. The van der Waals surface area contributed by atoms with Crippen LogP contribution in [0.3, 0.4) is 0 Å². The van der Waals surface area contributed by atoms with Gasteiger partial charge >= 0.3 is 0 Å². The van der Waals surface area contributed by atoms with Gasteiger partial charge in [0.05, 0.1) is 10.2 Å². The molecule has 1 unspecified atom stereocenters. The number of nitrogen functional groups attached to an aromatic ring is 1. The number of fused-ring (bicyclic) bond motifs is 1. The average Bonchev–Trinajstić information content (AvgIpc) is 2.71. The maximum absolute atomic E-state index is 5.78. The molecule has 1 atom stereocenters. The zero-order chi connectivity index (χ0) is 12.4. The first-order chi connectivity index (χ1) is 8.11. The molecule has 0 saturated carbocycles. The molecule has 0 radical (unpaired) electrons. The van der Waals surface area contributed by atoms with Crippen LogP contribution in [0.5, 0.6) is 0 Å². The van der Waals surface area contributed by atoms with E-state index in [0.717, 1.165) is 21.0 Å². The third-order valence-electron chi connectivity index (χ3n) is 3.07. The molecule has 0 fully saturated rings. The van der Waals surface area contributed by atoms with Gasteiger partial charge in [-0.15, -0.1) is 0 Å². The van der Waals surface area contributed by atoms with Crippen LogP contribution in [0.4, 0.5) is 10.8 Å². The van der Waals surface area contributed by atoms with E-state index in [2.05, 4.69) is 30.8 Å². The Morgan fingerprint density at radius 1 is 1.47 bits per heavy atom. The highest BCUT2D eigenvalue weighted by molar-refractivity contribution is 7.22. The van der Waals surface area contributed by atoms with Crippen molar-refractivity contribution < 1.29 is 0 Å². The van der Waals surface area contributed by atoms with Crippen molar-refractivity contribution in [1.29, 1.82) is 0 Å². The minimum Gasteiger partial charge on any atom is -0.399 e. The topological polar surface area (TPSA) is 42.2 Å². The highest BCUT2D eigenvalue weighted by Crippen LogP contribution is 2.30. The van der Waals surface area contributed by atoms with Crippen molar-refractivity contribution in [3.05, 3.63) is 18.2 Å². The number of benzene rings is 1. The molecule has 0 saturated heterocycles. The van der Waals surface area contributed by atoms with Gasteiger partial charge in [0.1, 0.15) is 0 Å². The Morgan fingerprint density at radius 3 is 2.94 bits per heavy atom. The number of nitrogens with two attached hydrogens (primary N) is 1. The fourth-order valence-corrected chi connectivity index (χ4v) is 2.96. The Kier molecular flexibility index (Phi) is 3.52. The maximum Gasteiger partial charge on any atom is 0.186 e. The van der Waals surface area contributed by atoms with Gasteiger partial charge in [0.15, 0.2) is 5.13 Å². The van der Waals surface area contributed by atoms with Crippen LogP contribution in [0, 0.1) is 0 Å². The monoisotopic (exact) mass is 249 g/mol. The molecule has 92 valence electrons. The Labute approximate surface area is 106 Å². The van der Waals surface area contributed by atoms with E-state index in [1.165, 1.54) is 12.8 Å². The van der Waals surface area contributed by atoms with E-state index in [9.17, 15) is 0 Å². The predicted octanol–water partition coefficient (Wildman–Crippen LogP) is 3.50. The minimum atomic E-state index is 0.526. The molecule has 0 aliphatic rings. The minimum absolute atomic E-state index is 0.526. The van der Waals surface area contributed by atoms with Gasteiger partial charge in [0.25, 0.3) is 0 Å². The SMILES string of the molecule is CCCC(C)N(C)c1nc2ccc(N)cc2s1. The van der Waals surface area contributed by atoms with Crippen LogP contribution < -0.4 is 10.6 Å². The van der Waals surface area contributed by atoms with Gasteiger partial charge in [-0.1, -0.05) is 24.7 Å². The third-order valence-corrected chi connectivity index (χ3v) is 4.18. The Morgan fingerprint density at radius 2 is 2.24 bits per heavy atom. The summed E-state index contributed by atoms with van der Waals surface area (Å²) in [6.45, 7) is 4.45. The summed E-state index contributed by atoms with van der Waals surface area (Å²) in [5.41, 5.74) is 7.62. The zero-order valence-corrected chi connectivity index (χ0v) is 11.4. The number of anilines is 2. The van der Waals surface area contributed by atoms with Gasteiger partial charge in [-0.25, -0.2) is 4.98 Å². The third kappa shape index (κ3) is 2.52. The van der Waals surface area contributed by atoms with Crippen molar-refractivity contribution in [2.45, 2.75) is 32.7 Å². The van der Waals surface area contributed by atoms with Gasteiger partial charge in [-0.05, 0) is 31.5 Å². The summed E-state index contributed by atoms with van der Waals surface area (Å²) >= 11 is 1.71. The lowest BCUT2D eigenvalue weighted by Gasteiger charge is -2.23. The molecule has 2 aromatic rings. The van der Waals surface area contributed by atoms with Crippen LogP contribution in [-0.4, -0.2) is 18.1 Å². The lowest BCUT2D eigenvalue weighted by atomic mass is 10.2. The molecule has 1 aromatic carbocycles. The first kappa shape index (κ1) is 12.2. The van der Waals surface area contributed by atoms with Crippen LogP contribution in [0.1, 0.15) is 26.7 Å². The van der Waals surface area contributed by atoms with E-state index < -0.39 is 0 Å². The highest BCUT2D eigenvalue weighted by Gasteiger charge is 2.13. The normalized spacial score (nSPS) is 12.9. The summed E-state index contributed by atoms with van der Waals surface area (Å²) in [6.07, 6.45) is 2.39. The van der Waals surface area contributed by atoms with Gasteiger partial charge in [0, 0.05) is 18.8 Å². The molecule has 4 heteroatoms. The van der Waals surface area contributed by atoms with E-state index in [4.69, 9.17) is 5.73 Å². The van der Waals surface area contributed by atoms with Crippen LogP contribution in [0.2, 0.25) is 0 Å². The largest absolute Gasteiger partial charge is 0.399 e. The summed E-state index contributed by atoms with van der Waals surface area (Å²) in [5, 5.41) is 1.08. The van der Waals surface area contributed by atoms with E-state index in [1.54, 1.807) is 11.3 Å². The van der Waals surface area contributed by atoms with Gasteiger partial charge < -0.3 is 10.6 Å². The first-order valence-electron chi connectivity index (χ1n) is 6.00. The second-order valence-corrected chi connectivity index (χ2v) is 5.48. The summed E-state index contributed by atoms with van der Waals surface area (Å²) in [4.78, 5) is 6.90. The molecule has 0 aliphatic carbocycles. The molecule has 1 heterocycles. The second-order valence-electron chi connectivity index (χ2n) is 4.47. The van der Waals surface area contributed by atoms with Gasteiger partial charge in [-0.2, -0.15) is 0 Å². The Balaban J connectivity index is 2.29. The summed E-state index contributed by atoms with van der Waals surface area (Å²) in [7, 11) is 2.11. The standard InChI is InChI=1S/C13H19N3S/c1-4-5-9(2)16(3)13-15-11-7-6-10(14)8-12(11)17-13/h6-9H,4-5,14H2,1-3H3.